The first-order valence-electron chi connectivity index (χ1n) is 7.47. The highest BCUT2D eigenvalue weighted by Crippen LogP contribution is 2.36. The van der Waals surface area contributed by atoms with Crippen molar-refractivity contribution in [3.8, 4) is 5.75 Å². The molecule has 6 nitrogen and oxygen atoms in total. The van der Waals surface area contributed by atoms with Gasteiger partial charge in [-0.15, -0.1) is 0 Å². The molecular weight excluding hydrogens is 304 g/mol. The zero-order valence-electron chi connectivity index (χ0n) is 13.1. The highest BCUT2D eigenvalue weighted by atomic mass is 32.2. The van der Waals surface area contributed by atoms with Crippen LogP contribution in [-0.2, 0) is 14.8 Å². The summed E-state index contributed by atoms with van der Waals surface area (Å²) in [5.74, 6) is 0.418. The molecule has 0 radical (unpaired) electrons. The lowest BCUT2D eigenvalue weighted by Gasteiger charge is -2.34. The Morgan fingerprint density at radius 3 is 2.73 bits per heavy atom. The molecule has 2 rings (SSSR count). The number of carbonyl (C=O) groups excluding carboxylic acids is 1. The van der Waals surface area contributed by atoms with E-state index in [-0.39, 0.29) is 16.9 Å². The van der Waals surface area contributed by atoms with Gasteiger partial charge in [-0.1, -0.05) is 13.8 Å². The predicted octanol–water partition coefficient (Wildman–Crippen LogP) is 1.90. The van der Waals surface area contributed by atoms with Gasteiger partial charge in [0.15, 0.2) is 0 Å². The van der Waals surface area contributed by atoms with Gasteiger partial charge in [-0.3, -0.25) is 4.79 Å². The number of ether oxygens (including phenoxy) is 1. The van der Waals surface area contributed by atoms with Gasteiger partial charge in [0.05, 0.1) is 17.1 Å². The van der Waals surface area contributed by atoms with Gasteiger partial charge in [0.2, 0.25) is 15.9 Å². The molecule has 1 atom stereocenters. The van der Waals surface area contributed by atoms with E-state index >= 15 is 0 Å². The lowest BCUT2D eigenvalue weighted by molar-refractivity contribution is -0.117. The number of sulfonamides is 1. The van der Waals surface area contributed by atoms with Crippen molar-refractivity contribution in [3.05, 3.63) is 18.2 Å². The first-order valence-corrected chi connectivity index (χ1v) is 8.95. The minimum atomic E-state index is -3.57. The summed E-state index contributed by atoms with van der Waals surface area (Å²) in [4.78, 5) is 13.6. The summed E-state index contributed by atoms with van der Waals surface area (Å²) in [5, 5.41) is 0. The van der Waals surface area contributed by atoms with Crippen LogP contribution in [0.25, 0.3) is 0 Å². The van der Waals surface area contributed by atoms with Gasteiger partial charge in [-0.2, -0.15) is 0 Å². The zero-order valence-corrected chi connectivity index (χ0v) is 13.9. The van der Waals surface area contributed by atoms with Crippen LogP contribution in [0, 0.1) is 0 Å². The molecule has 1 unspecified atom stereocenters. The lowest BCUT2D eigenvalue weighted by atomic mass is 10.1. The van der Waals surface area contributed by atoms with Crippen molar-refractivity contribution in [3.63, 3.8) is 0 Å². The predicted molar refractivity (Wildman–Crippen MR) is 84.7 cm³/mol. The van der Waals surface area contributed by atoms with E-state index in [1.165, 1.54) is 19.1 Å². The van der Waals surface area contributed by atoms with Gasteiger partial charge >= 0.3 is 0 Å². The van der Waals surface area contributed by atoms with Gasteiger partial charge in [0.25, 0.3) is 0 Å². The van der Waals surface area contributed by atoms with Crippen LogP contribution in [0.4, 0.5) is 5.69 Å². The summed E-state index contributed by atoms with van der Waals surface area (Å²) in [7, 11) is -3.57. The van der Waals surface area contributed by atoms with Crippen molar-refractivity contribution in [2.24, 2.45) is 0 Å². The first kappa shape index (κ1) is 16.8. The third-order valence-electron chi connectivity index (χ3n) is 3.59. The highest BCUT2D eigenvalue weighted by molar-refractivity contribution is 7.89. The molecule has 1 amide bonds. The zero-order chi connectivity index (χ0) is 16.3. The van der Waals surface area contributed by atoms with Crippen LogP contribution in [0.15, 0.2) is 23.1 Å². The molecule has 0 aromatic heterocycles. The van der Waals surface area contributed by atoms with Gasteiger partial charge in [-0.05, 0) is 31.0 Å². The Kier molecular flexibility index (Phi) is 5.08. The Bertz CT molecular complexity index is 658. The summed E-state index contributed by atoms with van der Waals surface area (Å²) in [6, 6.07) is 4.63. The molecule has 0 spiro atoms. The summed E-state index contributed by atoms with van der Waals surface area (Å²) in [6.45, 7) is 6.17. The summed E-state index contributed by atoms with van der Waals surface area (Å²) >= 11 is 0. The van der Waals surface area contributed by atoms with Crippen molar-refractivity contribution < 1.29 is 17.9 Å². The Morgan fingerprint density at radius 1 is 1.41 bits per heavy atom. The molecule has 1 N–H and O–H groups in total. The average molecular weight is 326 g/mol. The molecule has 122 valence electrons. The number of benzene rings is 1. The molecule has 0 bridgehead atoms. The molecular formula is C15H22N2O4S. The maximum absolute atomic E-state index is 12.2. The Balaban J connectivity index is 2.41. The quantitative estimate of drug-likeness (QED) is 0.896. The van der Waals surface area contributed by atoms with Crippen LogP contribution in [0.5, 0.6) is 5.75 Å². The number of rotatable bonds is 5. The normalized spacial score (nSPS) is 17.8. The van der Waals surface area contributed by atoms with Crippen molar-refractivity contribution in [2.75, 3.05) is 18.0 Å². The number of hydrogen-bond acceptors (Lipinski definition) is 4. The first-order chi connectivity index (χ1) is 10.4. The van der Waals surface area contributed by atoms with E-state index in [4.69, 9.17) is 4.74 Å². The third-order valence-corrected chi connectivity index (χ3v) is 5.05. The van der Waals surface area contributed by atoms with E-state index in [0.29, 0.717) is 30.9 Å². The molecule has 22 heavy (non-hydrogen) atoms. The van der Waals surface area contributed by atoms with Crippen molar-refractivity contribution in [1.82, 2.24) is 4.72 Å². The second-order valence-corrected chi connectivity index (χ2v) is 7.07. The minimum absolute atomic E-state index is 0.0722. The highest BCUT2D eigenvalue weighted by Gasteiger charge is 2.28. The van der Waals surface area contributed by atoms with Crippen LogP contribution in [0.3, 0.4) is 0 Å². The van der Waals surface area contributed by atoms with E-state index < -0.39 is 10.0 Å². The summed E-state index contributed by atoms with van der Waals surface area (Å²) in [5.41, 5.74) is 0.511. The third kappa shape index (κ3) is 3.41. The van der Waals surface area contributed by atoms with Gasteiger partial charge in [0.1, 0.15) is 11.9 Å². The number of nitrogens with zero attached hydrogens (tertiary/aromatic N) is 1. The Labute approximate surface area is 131 Å². The van der Waals surface area contributed by atoms with E-state index in [0.717, 1.165) is 6.42 Å². The second-order valence-electron chi connectivity index (χ2n) is 5.31. The molecule has 1 aromatic carbocycles. The molecule has 0 saturated carbocycles. The molecule has 1 aromatic rings. The van der Waals surface area contributed by atoms with Crippen molar-refractivity contribution in [1.29, 1.82) is 0 Å². The topological polar surface area (TPSA) is 75.7 Å². The lowest BCUT2D eigenvalue weighted by Crippen LogP contribution is -2.42. The standard InChI is InChI=1S/C15H22N2O4S/c1-4-8-16-22(19,20)13-6-7-15-14(9-13)17(11(3)18)10-12(5-2)21-15/h6-7,9,12,16H,4-5,8,10H2,1-3H3. The van der Waals surface area contributed by atoms with Crippen LogP contribution < -0.4 is 14.4 Å². The minimum Gasteiger partial charge on any atom is -0.486 e. The molecule has 0 fully saturated rings. The fourth-order valence-corrected chi connectivity index (χ4v) is 3.48. The maximum atomic E-state index is 12.2. The van der Waals surface area contributed by atoms with E-state index in [9.17, 15) is 13.2 Å². The molecule has 1 aliphatic rings. The smallest absolute Gasteiger partial charge is 0.240 e. The molecule has 0 saturated heterocycles. The monoisotopic (exact) mass is 326 g/mol. The van der Waals surface area contributed by atoms with Crippen LogP contribution in [0.2, 0.25) is 0 Å². The Hall–Kier alpha value is -1.60. The van der Waals surface area contributed by atoms with Crippen LogP contribution in [-0.4, -0.2) is 33.5 Å². The number of carbonyl (C=O) groups is 1. The number of nitrogens with one attached hydrogen (secondary N) is 1. The molecule has 7 heteroatoms. The van der Waals surface area contributed by atoms with E-state index in [1.54, 1.807) is 11.0 Å². The Morgan fingerprint density at radius 2 is 2.14 bits per heavy atom. The summed E-state index contributed by atoms with van der Waals surface area (Å²) < 4.78 is 32.8. The number of anilines is 1. The van der Waals surface area contributed by atoms with Crippen molar-refractivity contribution in [2.45, 2.75) is 44.6 Å². The van der Waals surface area contributed by atoms with Gasteiger partial charge in [0, 0.05) is 13.5 Å². The van der Waals surface area contributed by atoms with Gasteiger partial charge < -0.3 is 9.64 Å². The largest absolute Gasteiger partial charge is 0.486 e. The summed E-state index contributed by atoms with van der Waals surface area (Å²) in [6.07, 6.45) is 1.42. The molecule has 1 aliphatic heterocycles. The number of amides is 1. The fourth-order valence-electron chi connectivity index (χ4n) is 2.32. The molecule has 1 heterocycles. The van der Waals surface area contributed by atoms with Crippen LogP contribution in [0.1, 0.15) is 33.6 Å². The number of hydrogen-bond donors (Lipinski definition) is 1. The molecule has 0 aliphatic carbocycles. The average Bonchev–Trinajstić information content (AvgIpc) is 2.51. The van der Waals surface area contributed by atoms with E-state index in [1.807, 2.05) is 13.8 Å². The number of fused-ring (bicyclic) bond motifs is 1. The second kappa shape index (κ2) is 6.66. The van der Waals surface area contributed by atoms with E-state index in [2.05, 4.69) is 4.72 Å². The van der Waals surface area contributed by atoms with Crippen molar-refractivity contribution >= 4 is 21.6 Å². The van der Waals surface area contributed by atoms with Crippen LogP contribution >= 0.6 is 0 Å². The maximum Gasteiger partial charge on any atom is 0.240 e. The van der Waals surface area contributed by atoms with Gasteiger partial charge in [-0.25, -0.2) is 13.1 Å². The fraction of sp³-hybridized carbons (Fsp3) is 0.533. The SMILES string of the molecule is CCCNS(=O)(=O)c1ccc2c(c1)N(C(C)=O)CC(CC)O2.